The molecule has 0 N–H and O–H groups in total. The normalized spacial score (nSPS) is 15.2. The van der Waals surface area contributed by atoms with Crippen molar-refractivity contribution in [2.24, 2.45) is 0 Å². The summed E-state index contributed by atoms with van der Waals surface area (Å²) in [5.41, 5.74) is 6.23. The fraction of sp³-hybridized carbons (Fsp3) is 0.111. The number of halogens is 1. The van der Waals surface area contributed by atoms with Gasteiger partial charge in [-0.1, -0.05) is 88.7 Å². The number of benzene rings is 3. The van der Waals surface area contributed by atoms with Gasteiger partial charge in [-0.2, -0.15) is 0 Å². The molecule has 0 heterocycles. The van der Waals surface area contributed by atoms with Crippen molar-refractivity contribution in [2.75, 3.05) is 0 Å². The van der Waals surface area contributed by atoms with E-state index in [2.05, 4.69) is 40.2 Å². The molecule has 0 bridgehead atoms. The third kappa shape index (κ3) is 4.74. The minimum absolute atomic E-state index is 0.102. The molecule has 1 aliphatic rings. The monoisotopic (exact) mass is 456 g/mol. The number of carbonyl (C=O) groups is 2. The molecule has 0 radical (unpaired) electrons. The van der Waals surface area contributed by atoms with E-state index in [1.165, 1.54) is 5.57 Å². The average molecular weight is 457 g/mol. The van der Waals surface area contributed by atoms with Crippen LogP contribution in [0.4, 0.5) is 0 Å². The van der Waals surface area contributed by atoms with Gasteiger partial charge < -0.3 is 0 Å². The Hall–Kier alpha value is -3.04. The van der Waals surface area contributed by atoms with E-state index >= 15 is 0 Å². The minimum atomic E-state index is 0.102. The Morgan fingerprint density at radius 1 is 0.733 bits per heavy atom. The Bertz CT molecular complexity index is 1120. The van der Waals surface area contributed by atoms with Gasteiger partial charge in [-0.05, 0) is 52.5 Å². The van der Waals surface area contributed by atoms with Crippen molar-refractivity contribution < 1.29 is 9.59 Å². The van der Waals surface area contributed by atoms with Gasteiger partial charge in [0.05, 0.1) is 0 Å². The Kier molecular flexibility index (Phi) is 6.20. The largest absolute Gasteiger partial charge is 0.295 e. The molecule has 0 saturated carbocycles. The molecule has 0 fully saturated rings. The van der Waals surface area contributed by atoms with Gasteiger partial charge in [-0.25, -0.2) is 0 Å². The average Bonchev–Trinajstić information content (AvgIpc) is 2.78. The van der Waals surface area contributed by atoms with Crippen molar-refractivity contribution in [1.29, 1.82) is 0 Å². The summed E-state index contributed by atoms with van der Waals surface area (Å²) in [7, 11) is 0. The number of rotatable bonds is 5. The standard InChI is InChI=1S/C27H21BrO2/c28-24-14-10-20(11-15-24)26(30)18-19-6-8-22(9-7-19)27(21-4-2-1-3-5-21)23-12-16-25(29)17-13-23/h1-12,14-16H,13,17-18H2/b27-23-. The van der Waals surface area contributed by atoms with E-state index in [1.807, 2.05) is 60.7 Å². The van der Waals surface area contributed by atoms with E-state index in [4.69, 9.17) is 0 Å². The quantitative estimate of drug-likeness (QED) is 0.405. The Balaban J connectivity index is 1.62. The van der Waals surface area contributed by atoms with Gasteiger partial charge in [0.15, 0.2) is 11.6 Å². The van der Waals surface area contributed by atoms with Gasteiger partial charge in [0.2, 0.25) is 0 Å². The van der Waals surface area contributed by atoms with Gasteiger partial charge in [-0.3, -0.25) is 9.59 Å². The van der Waals surface area contributed by atoms with Crippen LogP contribution in [-0.4, -0.2) is 11.6 Å². The van der Waals surface area contributed by atoms with E-state index in [0.29, 0.717) is 18.4 Å². The molecule has 0 aliphatic heterocycles. The smallest absolute Gasteiger partial charge is 0.167 e. The second kappa shape index (κ2) is 9.19. The molecule has 148 valence electrons. The van der Waals surface area contributed by atoms with E-state index in [1.54, 1.807) is 6.08 Å². The van der Waals surface area contributed by atoms with Crippen molar-refractivity contribution >= 4 is 33.1 Å². The molecular weight excluding hydrogens is 436 g/mol. The fourth-order valence-corrected chi connectivity index (χ4v) is 3.95. The first-order valence-corrected chi connectivity index (χ1v) is 10.8. The van der Waals surface area contributed by atoms with Crippen LogP contribution < -0.4 is 0 Å². The first-order chi connectivity index (χ1) is 14.6. The van der Waals surface area contributed by atoms with E-state index in [9.17, 15) is 9.59 Å². The predicted molar refractivity (Wildman–Crippen MR) is 124 cm³/mol. The van der Waals surface area contributed by atoms with Crippen molar-refractivity contribution in [3.05, 3.63) is 123 Å². The number of allylic oxidation sites excluding steroid dienone is 3. The highest BCUT2D eigenvalue weighted by molar-refractivity contribution is 9.10. The van der Waals surface area contributed by atoms with Gasteiger partial charge in [0.25, 0.3) is 0 Å². The van der Waals surface area contributed by atoms with Crippen LogP contribution >= 0.6 is 15.9 Å². The molecule has 4 rings (SSSR count). The summed E-state index contributed by atoms with van der Waals surface area (Å²) >= 11 is 3.40. The fourth-order valence-electron chi connectivity index (χ4n) is 3.68. The summed E-state index contributed by atoms with van der Waals surface area (Å²) in [6.07, 6.45) is 5.27. The predicted octanol–water partition coefficient (Wildman–Crippen LogP) is 6.60. The number of carbonyl (C=O) groups excluding carboxylic acids is 2. The molecule has 0 amide bonds. The number of Topliss-reactive ketones (excluding diaryl/α,β-unsaturated/α-hetero) is 1. The second-order valence-corrected chi connectivity index (χ2v) is 8.29. The molecule has 2 nitrogen and oxygen atoms in total. The molecule has 3 aromatic rings. The lowest BCUT2D eigenvalue weighted by Crippen LogP contribution is -2.04. The topological polar surface area (TPSA) is 34.1 Å². The number of ketones is 2. The lowest BCUT2D eigenvalue weighted by atomic mass is 9.87. The molecule has 0 saturated heterocycles. The number of hydrogen-bond donors (Lipinski definition) is 0. The van der Waals surface area contributed by atoms with Crippen molar-refractivity contribution in [1.82, 2.24) is 0 Å². The van der Waals surface area contributed by atoms with Crippen LogP contribution in [0.5, 0.6) is 0 Å². The maximum Gasteiger partial charge on any atom is 0.167 e. The molecule has 0 unspecified atom stereocenters. The van der Waals surface area contributed by atoms with Crippen molar-refractivity contribution in [3.63, 3.8) is 0 Å². The molecule has 0 atom stereocenters. The lowest BCUT2D eigenvalue weighted by Gasteiger charge is -2.16. The highest BCUT2D eigenvalue weighted by Crippen LogP contribution is 2.31. The molecule has 0 aromatic heterocycles. The highest BCUT2D eigenvalue weighted by Gasteiger charge is 2.15. The van der Waals surface area contributed by atoms with Crippen LogP contribution in [0, 0.1) is 0 Å². The second-order valence-electron chi connectivity index (χ2n) is 7.37. The zero-order valence-electron chi connectivity index (χ0n) is 16.5. The first kappa shape index (κ1) is 20.2. The number of hydrogen-bond acceptors (Lipinski definition) is 2. The van der Waals surface area contributed by atoms with Gasteiger partial charge in [-0.15, -0.1) is 0 Å². The summed E-state index contributed by atoms with van der Waals surface area (Å²) < 4.78 is 0.961. The third-order valence-corrected chi connectivity index (χ3v) is 5.80. The van der Waals surface area contributed by atoms with Gasteiger partial charge in [0, 0.05) is 22.9 Å². The van der Waals surface area contributed by atoms with E-state index in [0.717, 1.165) is 33.2 Å². The highest BCUT2D eigenvalue weighted by atomic mass is 79.9. The molecule has 30 heavy (non-hydrogen) atoms. The van der Waals surface area contributed by atoms with Crippen LogP contribution in [0.25, 0.3) is 5.57 Å². The SMILES string of the molecule is O=C1C=C/C(=C(\c2ccccc2)c2ccc(CC(=O)c3ccc(Br)cc3)cc2)CC1. The van der Waals surface area contributed by atoms with Gasteiger partial charge >= 0.3 is 0 Å². The van der Waals surface area contributed by atoms with Crippen LogP contribution in [0.2, 0.25) is 0 Å². The molecule has 3 heteroatoms. The third-order valence-electron chi connectivity index (χ3n) is 5.27. The summed E-state index contributed by atoms with van der Waals surface area (Å²) in [5, 5.41) is 0. The molecule has 1 aliphatic carbocycles. The van der Waals surface area contributed by atoms with E-state index < -0.39 is 0 Å². The van der Waals surface area contributed by atoms with Gasteiger partial charge in [0.1, 0.15) is 0 Å². The Labute approximate surface area is 185 Å². The van der Waals surface area contributed by atoms with Crippen LogP contribution in [-0.2, 0) is 11.2 Å². The summed E-state index contributed by atoms with van der Waals surface area (Å²) in [4.78, 5) is 24.2. The summed E-state index contributed by atoms with van der Waals surface area (Å²) in [6, 6.07) is 25.9. The zero-order chi connectivity index (χ0) is 20.9. The first-order valence-electron chi connectivity index (χ1n) is 9.98. The van der Waals surface area contributed by atoms with Crippen molar-refractivity contribution in [3.8, 4) is 0 Å². The molecule has 3 aromatic carbocycles. The van der Waals surface area contributed by atoms with Crippen LogP contribution in [0.3, 0.4) is 0 Å². The van der Waals surface area contributed by atoms with E-state index in [-0.39, 0.29) is 11.6 Å². The summed E-state index contributed by atoms with van der Waals surface area (Å²) in [5.74, 6) is 0.276. The molecule has 0 spiro atoms. The Morgan fingerprint density at radius 2 is 1.37 bits per heavy atom. The summed E-state index contributed by atoms with van der Waals surface area (Å²) in [6.45, 7) is 0. The lowest BCUT2D eigenvalue weighted by molar-refractivity contribution is -0.114. The van der Waals surface area contributed by atoms with Crippen LogP contribution in [0.15, 0.2) is 101 Å². The molecular formula is C27H21BrO2. The zero-order valence-corrected chi connectivity index (χ0v) is 18.1. The van der Waals surface area contributed by atoms with Crippen LogP contribution in [0.1, 0.15) is 39.9 Å². The minimum Gasteiger partial charge on any atom is -0.295 e. The maximum atomic E-state index is 12.6. The Morgan fingerprint density at radius 3 is 2.00 bits per heavy atom. The maximum absolute atomic E-state index is 12.6. The van der Waals surface area contributed by atoms with Crippen molar-refractivity contribution in [2.45, 2.75) is 19.3 Å².